The average Bonchev–Trinajstić information content (AvgIpc) is 2.42. The second-order valence-electron chi connectivity index (χ2n) is 4.95. The van der Waals surface area contributed by atoms with E-state index in [1.807, 2.05) is 0 Å². The molecule has 1 saturated heterocycles. The fraction of sp³-hybridized carbons (Fsp3) is 0.538. The van der Waals surface area contributed by atoms with E-state index in [1.54, 1.807) is 0 Å². The molecule has 2 rings (SSSR count). The van der Waals surface area contributed by atoms with Crippen molar-refractivity contribution in [2.24, 2.45) is 5.92 Å². The van der Waals surface area contributed by atoms with Gasteiger partial charge in [0.05, 0.1) is 5.02 Å². The van der Waals surface area contributed by atoms with E-state index in [9.17, 15) is 12.8 Å². The number of halogens is 2. The van der Waals surface area contributed by atoms with Crippen molar-refractivity contribution >= 4 is 21.6 Å². The molecule has 1 aromatic carbocycles. The van der Waals surface area contributed by atoms with Gasteiger partial charge in [0.2, 0.25) is 10.0 Å². The molecule has 0 amide bonds. The van der Waals surface area contributed by atoms with Crippen molar-refractivity contribution in [3.63, 3.8) is 0 Å². The van der Waals surface area contributed by atoms with Crippen LogP contribution in [-0.4, -0.2) is 28.1 Å². The Kier molecular flexibility index (Phi) is 5.37. The first-order valence-corrected chi connectivity index (χ1v) is 8.51. The Bertz CT molecular complexity index is 559. The summed E-state index contributed by atoms with van der Waals surface area (Å²) in [4.78, 5) is -0.397. The quantitative estimate of drug-likeness (QED) is 0.874. The van der Waals surface area contributed by atoms with Gasteiger partial charge >= 0.3 is 0 Å². The molecule has 0 aromatic heterocycles. The SMILES string of the molecule is O=S(=O)(NCCC1CCCNC1)c1cccc(Cl)c1F. The third-order valence-corrected chi connectivity index (χ3v) is 5.22. The Hall–Kier alpha value is -0.690. The van der Waals surface area contributed by atoms with E-state index in [-0.39, 0.29) is 5.02 Å². The molecule has 0 saturated carbocycles. The van der Waals surface area contributed by atoms with E-state index >= 15 is 0 Å². The summed E-state index contributed by atoms with van der Waals surface area (Å²) in [6, 6.07) is 3.96. The maximum absolute atomic E-state index is 13.7. The molecule has 1 aliphatic heterocycles. The number of rotatable bonds is 5. The third-order valence-electron chi connectivity index (χ3n) is 3.45. The first kappa shape index (κ1) is 15.7. The zero-order valence-electron chi connectivity index (χ0n) is 11.0. The third kappa shape index (κ3) is 3.91. The van der Waals surface area contributed by atoms with Gasteiger partial charge in [-0.05, 0) is 50.4 Å². The minimum Gasteiger partial charge on any atom is -0.316 e. The van der Waals surface area contributed by atoms with Gasteiger partial charge < -0.3 is 5.32 Å². The van der Waals surface area contributed by atoms with E-state index in [4.69, 9.17) is 11.6 Å². The van der Waals surface area contributed by atoms with Crippen LogP contribution in [0.4, 0.5) is 4.39 Å². The van der Waals surface area contributed by atoms with Crippen LogP contribution < -0.4 is 10.0 Å². The Labute approximate surface area is 123 Å². The van der Waals surface area contributed by atoms with E-state index in [2.05, 4.69) is 10.0 Å². The van der Waals surface area contributed by atoms with Gasteiger partial charge in [-0.25, -0.2) is 17.5 Å². The van der Waals surface area contributed by atoms with Crippen LogP contribution in [0.25, 0.3) is 0 Å². The molecule has 1 unspecified atom stereocenters. The molecular weight excluding hydrogens is 303 g/mol. The number of benzene rings is 1. The molecule has 1 heterocycles. The molecule has 1 aliphatic rings. The van der Waals surface area contributed by atoms with Crippen molar-refractivity contribution in [2.45, 2.75) is 24.2 Å². The maximum atomic E-state index is 13.7. The van der Waals surface area contributed by atoms with Gasteiger partial charge in [0.1, 0.15) is 4.90 Å². The Morgan fingerprint density at radius 1 is 1.45 bits per heavy atom. The molecule has 0 aliphatic carbocycles. The summed E-state index contributed by atoms with van der Waals surface area (Å²) in [5.41, 5.74) is 0. The molecule has 2 N–H and O–H groups in total. The van der Waals surface area contributed by atoms with Crippen LogP contribution >= 0.6 is 11.6 Å². The largest absolute Gasteiger partial charge is 0.316 e. The summed E-state index contributed by atoms with van der Waals surface area (Å²) in [5, 5.41) is 3.09. The highest BCUT2D eigenvalue weighted by Crippen LogP contribution is 2.22. The van der Waals surface area contributed by atoms with Gasteiger partial charge in [-0.15, -0.1) is 0 Å². The Balaban J connectivity index is 1.95. The van der Waals surface area contributed by atoms with Crippen LogP contribution in [0.1, 0.15) is 19.3 Å². The van der Waals surface area contributed by atoms with Gasteiger partial charge in [0, 0.05) is 6.54 Å². The van der Waals surface area contributed by atoms with Crippen LogP contribution in [0.5, 0.6) is 0 Å². The Morgan fingerprint density at radius 2 is 2.25 bits per heavy atom. The summed E-state index contributed by atoms with van der Waals surface area (Å²) in [7, 11) is -3.84. The average molecular weight is 321 g/mol. The number of piperidine rings is 1. The molecule has 1 atom stereocenters. The summed E-state index contributed by atoms with van der Waals surface area (Å²) in [6.07, 6.45) is 2.95. The van der Waals surface area contributed by atoms with Gasteiger partial charge in [-0.3, -0.25) is 0 Å². The van der Waals surface area contributed by atoms with Crippen molar-refractivity contribution in [1.29, 1.82) is 0 Å². The highest BCUT2D eigenvalue weighted by atomic mass is 35.5. The molecule has 0 radical (unpaired) electrons. The van der Waals surface area contributed by atoms with Crippen LogP contribution in [0, 0.1) is 11.7 Å². The van der Waals surface area contributed by atoms with Crippen LogP contribution in [0.15, 0.2) is 23.1 Å². The first-order chi connectivity index (χ1) is 9.50. The van der Waals surface area contributed by atoms with E-state index in [0.29, 0.717) is 12.5 Å². The number of hydrogen-bond donors (Lipinski definition) is 2. The van der Waals surface area contributed by atoms with E-state index in [1.165, 1.54) is 18.2 Å². The number of nitrogens with one attached hydrogen (secondary N) is 2. The minimum absolute atomic E-state index is 0.190. The molecule has 20 heavy (non-hydrogen) atoms. The molecule has 7 heteroatoms. The van der Waals surface area contributed by atoms with Crippen molar-refractivity contribution in [1.82, 2.24) is 10.0 Å². The van der Waals surface area contributed by atoms with E-state index in [0.717, 1.165) is 32.4 Å². The molecule has 112 valence electrons. The molecule has 1 aromatic rings. The summed E-state index contributed by atoms with van der Waals surface area (Å²) >= 11 is 5.60. The zero-order chi connectivity index (χ0) is 14.6. The van der Waals surface area contributed by atoms with Crippen molar-refractivity contribution in [2.75, 3.05) is 19.6 Å². The predicted octanol–water partition coefficient (Wildman–Crippen LogP) is 2.15. The smallest absolute Gasteiger partial charge is 0.243 e. The van der Waals surface area contributed by atoms with Crippen LogP contribution in [0.2, 0.25) is 5.02 Å². The van der Waals surface area contributed by atoms with Gasteiger partial charge in [0.15, 0.2) is 5.82 Å². The summed E-state index contributed by atoms with van der Waals surface area (Å²) < 4.78 is 40.2. The van der Waals surface area contributed by atoms with Crippen LogP contribution in [-0.2, 0) is 10.0 Å². The standard InChI is InChI=1S/C13H18ClFN2O2S/c14-11-4-1-5-12(13(11)15)20(18,19)17-8-6-10-3-2-7-16-9-10/h1,4-5,10,16-17H,2-3,6-9H2. The maximum Gasteiger partial charge on any atom is 0.243 e. The van der Waals surface area contributed by atoms with E-state index < -0.39 is 20.7 Å². The molecule has 0 bridgehead atoms. The lowest BCUT2D eigenvalue weighted by Gasteiger charge is -2.22. The zero-order valence-corrected chi connectivity index (χ0v) is 12.6. The predicted molar refractivity (Wildman–Crippen MR) is 76.8 cm³/mol. The Morgan fingerprint density at radius 3 is 2.95 bits per heavy atom. The fourth-order valence-electron chi connectivity index (χ4n) is 2.34. The number of sulfonamides is 1. The van der Waals surface area contributed by atoms with Gasteiger partial charge in [-0.1, -0.05) is 17.7 Å². The second-order valence-corrected chi connectivity index (χ2v) is 7.09. The molecule has 4 nitrogen and oxygen atoms in total. The van der Waals surface area contributed by atoms with Crippen molar-refractivity contribution < 1.29 is 12.8 Å². The lowest BCUT2D eigenvalue weighted by atomic mass is 9.96. The lowest BCUT2D eigenvalue weighted by molar-refractivity contribution is 0.358. The highest BCUT2D eigenvalue weighted by Gasteiger charge is 2.21. The van der Waals surface area contributed by atoms with Gasteiger partial charge in [-0.2, -0.15) is 0 Å². The topological polar surface area (TPSA) is 58.2 Å². The highest BCUT2D eigenvalue weighted by molar-refractivity contribution is 7.89. The lowest BCUT2D eigenvalue weighted by Crippen LogP contribution is -2.33. The normalized spacial score (nSPS) is 20.0. The summed E-state index contributed by atoms with van der Waals surface area (Å²) in [5.74, 6) is -0.434. The van der Waals surface area contributed by atoms with Crippen LogP contribution in [0.3, 0.4) is 0 Å². The molecule has 0 spiro atoms. The molecule has 1 fully saturated rings. The molecular formula is C13H18ClFN2O2S. The summed E-state index contributed by atoms with van der Waals surface area (Å²) in [6.45, 7) is 2.24. The second kappa shape index (κ2) is 6.85. The number of hydrogen-bond acceptors (Lipinski definition) is 3. The fourth-order valence-corrected chi connectivity index (χ4v) is 3.71. The van der Waals surface area contributed by atoms with Crippen molar-refractivity contribution in [3.05, 3.63) is 29.0 Å². The minimum atomic E-state index is -3.84. The van der Waals surface area contributed by atoms with Gasteiger partial charge in [0.25, 0.3) is 0 Å². The first-order valence-electron chi connectivity index (χ1n) is 6.65. The van der Waals surface area contributed by atoms with Crippen molar-refractivity contribution in [3.8, 4) is 0 Å². The monoisotopic (exact) mass is 320 g/mol.